The average Bonchev–Trinajstić information content (AvgIpc) is 2.94. The van der Waals surface area contributed by atoms with Crippen molar-refractivity contribution >= 4 is 0 Å². The number of benzene rings is 1. The van der Waals surface area contributed by atoms with Crippen LogP contribution in [0.15, 0.2) is 36.7 Å². The number of aryl methyl sites for hydroxylation is 2. The fourth-order valence-electron chi connectivity index (χ4n) is 6.17. The highest BCUT2D eigenvalue weighted by Gasteiger charge is 2.20. The summed E-state index contributed by atoms with van der Waals surface area (Å²) in [6.07, 6.45) is 33.1. The Morgan fingerprint density at radius 3 is 1.59 bits per heavy atom. The van der Waals surface area contributed by atoms with E-state index < -0.39 is 0 Å². The molecule has 2 heteroatoms. The molecule has 0 aliphatic heterocycles. The van der Waals surface area contributed by atoms with Crippen LogP contribution in [0.1, 0.15) is 147 Å². The Kier molecular flexibility index (Phi) is 15.0. The van der Waals surface area contributed by atoms with Crippen LogP contribution >= 0.6 is 0 Å². The minimum absolute atomic E-state index is 0.858. The lowest BCUT2D eigenvalue weighted by Gasteiger charge is -2.28. The Morgan fingerprint density at radius 1 is 0.541 bits per heavy atom. The van der Waals surface area contributed by atoms with E-state index in [0.29, 0.717) is 0 Å². The molecule has 1 aromatic heterocycles. The van der Waals surface area contributed by atoms with Gasteiger partial charge in [-0.05, 0) is 48.6 Å². The summed E-state index contributed by atoms with van der Waals surface area (Å²) in [5.41, 5.74) is 3.86. The van der Waals surface area contributed by atoms with Crippen LogP contribution in [-0.2, 0) is 12.8 Å². The normalized spacial score (nSPS) is 17.8. The highest BCUT2D eigenvalue weighted by molar-refractivity contribution is 5.55. The van der Waals surface area contributed by atoms with Crippen LogP contribution in [0.4, 0.5) is 0 Å². The highest BCUT2D eigenvalue weighted by atomic mass is 14.9. The van der Waals surface area contributed by atoms with Gasteiger partial charge in [-0.15, -0.1) is 0 Å². The molecule has 0 N–H and O–H groups in total. The molecule has 1 aliphatic carbocycles. The van der Waals surface area contributed by atoms with Crippen LogP contribution in [0.2, 0.25) is 0 Å². The molecular formula is C35H56N2. The molecule has 1 saturated carbocycles. The fourth-order valence-corrected chi connectivity index (χ4v) is 6.17. The maximum Gasteiger partial charge on any atom is 0.159 e. The van der Waals surface area contributed by atoms with Gasteiger partial charge < -0.3 is 0 Å². The van der Waals surface area contributed by atoms with Gasteiger partial charge in [-0.3, -0.25) is 0 Å². The summed E-state index contributed by atoms with van der Waals surface area (Å²) in [5.74, 6) is 2.90. The van der Waals surface area contributed by atoms with Crippen LogP contribution in [0.3, 0.4) is 0 Å². The second-order valence-corrected chi connectivity index (χ2v) is 12.0. The summed E-state index contributed by atoms with van der Waals surface area (Å²) in [5, 5.41) is 0. The van der Waals surface area contributed by atoms with Gasteiger partial charge in [-0.2, -0.15) is 0 Å². The molecule has 0 saturated heterocycles. The zero-order chi connectivity index (χ0) is 26.0. The minimum Gasteiger partial charge on any atom is -0.236 e. The van der Waals surface area contributed by atoms with Crippen molar-refractivity contribution < 1.29 is 0 Å². The third-order valence-electron chi connectivity index (χ3n) is 8.75. The molecular weight excluding hydrogens is 448 g/mol. The summed E-state index contributed by atoms with van der Waals surface area (Å²) in [4.78, 5) is 9.34. The fraction of sp³-hybridized carbons (Fsp3) is 0.714. The molecule has 2 aromatic rings. The number of rotatable bonds is 19. The summed E-state index contributed by atoms with van der Waals surface area (Å²) in [7, 11) is 0. The second kappa shape index (κ2) is 18.5. The van der Waals surface area contributed by atoms with Crippen molar-refractivity contribution in [1.82, 2.24) is 9.97 Å². The third-order valence-corrected chi connectivity index (χ3v) is 8.75. The number of hydrogen-bond donors (Lipinski definition) is 0. The van der Waals surface area contributed by atoms with E-state index in [1.807, 2.05) is 12.4 Å². The van der Waals surface area contributed by atoms with E-state index >= 15 is 0 Å². The summed E-state index contributed by atoms with van der Waals surface area (Å²) >= 11 is 0. The van der Waals surface area contributed by atoms with Gasteiger partial charge in [0.1, 0.15) is 0 Å². The Hall–Kier alpha value is -1.70. The van der Waals surface area contributed by atoms with Crippen molar-refractivity contribution in [3.8, 4) is 11.4 Å². The number of nitrogens with zero attached hydrogens (tertiary/aromatic N) is 2. The van der Waals surface area contributed by atoms with E-state index in [-0.39, 0.29) is 0 Å². The predicted molar refractivity (Wildman–Crippen MR) is 161 cm³/mol. The van der Waals surface area contributed by atoms with E-state index in [1.54, 1.807) is 0 Å². The first kappa shape index (κ1) is 29.9. The van der Waals surface area contributed by atoms with Crippen molar-refractivity contribution in [2.24, 2.45) is 11.8 Å². The first-order valence-electron chi connectivity index (χ1n) is 16.2. The largest absolute Gasteiger partial charge is 0.236 e. The molecule has 3 rings (SSSR count). The smallest absolute Gasteiger partial charge is 0.159 e. The molecule has 2 nitrogen and oxygen atoms in total. The molecule has 0 spiro atoms. The van der Waals surface area contributed by atoms with E-state index in [0.717, 1.165) is 29.6 Å². The molecule has 1 heterocycles. The van der Waals surface area contributed by atoms with Gasteiger partial charge in [0, 0.05) is 18.0 Å². The van der Waals surface area contributed by atoms with Crippen LogP contribution in [0.5, 0.6) is 0 Å². The number of hydrogen-bond acceptors (Lipinski definition) is 2. The van der Waals surface area contributed by atoms with Crippen molar-refractivity contribution in [3.63, 3.8) is 0 Å². The predicted octanol–water partition coefficient (Wildman–Crippen LogP) is 10.9. The molecule has 1 aromatic carbocycles. The Bertz CT molecular complexity index is 802. The van der Waals surface area contributed by atoms with Crippen molar-refractivity contribution in [3.05, 3.63) is 47.8 Å². The topological polar surface area (TPSA) is 25.8 Å². The SMILES string of the molecule is CCCCCCCCCCc1cnc(-c2ccc(CCCC[C@H]3CC[C@H](CCCCC)CC3)cc2)nc1. The Balaban J connectivity index is 1.27. The highest BCUT2D eigenvalue weighted by Crippen LogP contribution is 2.34. The van der Waals surface area contributed by atoms with Gasteiger partial charge >= 0.3 is 0 Å². The summed E-state index contributed by atoms with van der Waals surface area (Å²) in [6.45, 7) is 4.60. The van der Waals surface area contributed by atoms with Gasteiger partial charge in [0.05, 0.1) is 0 Å². The molecule has 37 heavy (non-hydrogen) atoms. The Morgan fingerprint density at radius 2 is 1.00 bits per heavy atom. The van der Waals surface area contributed by atoms with Crippen molar-refractivity contribution in [2.45, 2.75) is 149 Å². The first-order valence-corrected chi connectivity index (χ1v) is 16.2. The zero-order valence-corrected chi connectivity index (χ0v) is 24.4. The molecule has 0 amide bonds. The van der Waals surface area contributed by atoms with Gasteiger partial charge in [0.15, 0.2) is 5.82 Å². The quantitative estimate of drug-likeness (QED) is 0.178. The molecule has 0 unspecified atom stereocenters. The van der Waals surface area contributed by atoms with E-state index in [9.17, 15) is 0 Å². The lowest BCUT2D eigenvalue weighted by Crippen LogP contribution is -2.14. The number of unbranched alkanes of at least 4 members (excludes halogenated alkanes) is 10. The van der Waals surface area contributed by atoms with Crippen molar-refractivity contribution in [1.29, 1.82) is 0 Å². The lowest BCUT2D eigenvalue weighted by atomic mass is 9.78. The molecule has 0 bridgehead atoms. The first-order chi connectivity index (χ1) is 18.3. The average molecular weight is 505 g/mol. The molecule has 1 fully saturated rings. The van der Waals surface area contributed by atoms with Crippen LogP contribution in [0, 0.1) is 11.8 Å². The number of aromatic nitrogens is 2. The third kappa shape index (κ3) is 12.1. The summed E-state index contributed by atoms with van der Waals surface area (Å²) < 4.78 is 0. The van der Waals surface area contributed by atoms with Crippen LogP contribution in [-0.4, -0.2) is 9.97 Å². The van der Waals surface area contributed by atoms with E-state index in [4.69, 9.17) is 0 Å². The zero-order valence-electron chi connectivity index (χ0n) is 24.4. The second-order valence-electron chi connectivity index (χ2n) is 12.0. The molecule has 0 atom stereocenters. The van der Waals surface area contributed by atoms with Crippen molar-refractivity contribution in [2.75, 3.05) is 0 Å². The Labute approximate surface area is 229 Å². The van der Waals surface area contributed by atoms with Crippen LogP contribution < -0.4 is 0 Å². The van der Waals surface area contributed by atoms with Gasteiger partial charge in [0.2, 0.25) is 0 Å². The molecule has 206 valence electrons. The lowest BCUT2D eigenvalue weighted by molar-refractivity contribution is 0.245. The maximum atomic E-state index is 4.67. The monoisotopic (exact) mass is 504 g/mol. The molecule has 0 radical (unpaired) electrons. The van der Waals surface area contributed by atoms with E-state index in [1.165, 1.54) is 140 Å². The van der Waals surface area contributed by atoms with Gasteiger partial charge in [-0.25, -0.2) is 9.97 Å². The van der Waals surface area contributed by atoms with E-state index in [2.05, 4.69) is 48.1 Å². The summed E-state index contributed by atoms with van der Waals surface area (Å²) in [6, 6.07) is 8.99. The van der Waals surface area contributed by atoms with Gasteiger partial charge in [-0.1, -0.05) is 147 Å². The standard InChI is InChI=1S/C35H56N2/c1-3-5-7-8-9-10-11-13-19-33-28-36-35(37-29-33)34-26-24-32(25-27-34)18-15-14-17-31-22-20-30(21-23-31)16-12-6-4-2/h24-31H,3-23H2,1-2H3/t30-,31-. The maximum absolute atomic E-state index is 4.67. The van der Waals surface area contributed by atoms with Crippen LogP contribution in [0.25, 0.3) is 11.4 Å². The minimum atomic E-state index is 0.858. The van der Waals surface area contributed by atoms with Gasteiger partial charge in [0.25, 0.3) is 0 Å². The molecule has 1 aliphatic rings.